The van der Waals surface area contributed by atoms with E-state index in [0.717, 1.165) is 19.3 Å². The third-order valence-corrected chi connectivity index (χ3v) is 5.30. The second-order valence-corrected chi connectivity index (χ2v) is 7.53. The summed E-state index contributed by atoms with van der Waals surface area (Å²) in [7, 11) is 0. The van der Waals surface area contributed by atoms with Gasteiger partial charge in [0.2, 0.25) is 11.8 Å². The van der Waals surface area contributed by atoms with Crippen molar-refractivity contribution in [3.63, 3.8) is 0 Å². The molecule has 1 aliphatic rings. The Labute approximate surface area is 158 Å². The number of benzene rings is 1. The lowest BCUT2D eigenvalue weighted by Gasteiger charge is -2.15. The molecule has 4 heteroatoms. The standard InChI is InChI=1S/C22H34N2O2/c1-2-3-4-5-6-7-8-9-10-11-12-18-17-21(25)24(22(18)26)20-15-13-19(23)14-16-20/h13-16,18H,2-12,17,23H2,1H3. The molecule has 2 rings (SSSR count). The van der Waals surface area contributed by atoms with Gasteiger partial charge in [-0.15, -0.1) is 0 Å². The quantitative estimate of drug-likeness (QED) is 0.306. The Bertz CT molecular complexity index is 568. The summed E-state index contributed by atoms with van der Waals surface area (Å²) in [6.45, 7) is 2.25. The van der Waals surface area contributed by atoms with E-state index in [0.29, 0.717) is 17.8 Å². The number of carbonyl (C=O) groups excluding carboxylic acids is 2. The summed E-state index contributed by atoms with van der Waals surface area (Å²) < 4.78 is 0. The first-order chi connectivity index (χ1) is 12.6. The zero-order valence-electron chi connectivity index (χ0n) is 16.2. The van der Waals surface area contributed by atoms with E-state index < -0.39 is 0 Å². The van der Waals surface area contributed by atoms with Crippen LogP contribution in [0.3, 0.4) is 0 Å². The predicted molar refractivity (Wildman–Crippen MR) is 108 cm³/mol. The molecule has 2 amide bonds. The summed E-state index contributed by atoms with van der Waals surface area (Å²) in [4.78, 5) is 26.1. The fourth-order valence-electron chi connectivity index (χ4n) is 3.69. The molecule has 1 saturated heterocycles. The van der Waals surface area contributed by atoms with Gasteiger partial charge in [0.15, 0.2) is 0 Å². The van der Waals surface area contributed by atoms with Gasteiger partial charge in [0, 0.05) is 18.0 Å². The van der Waals surface area contributed by atoms with Crippen LogP contribution in [0.15, 0.2) is 24.3 Å². The second kappa shape index (κ2) is 11.0. The zero-order valence-corrected chi connectivity index (χ0v) is 16.2. The minimum Gasteiger partial charge on any atom is -0.399 e. The number of nitrogens with zero attached hydrogens (tertiary/aromatic N) is 1. The van der Waals surface area contributed by atoms with Gasteiger partial charge in [-0.25, -0.2) is 0 Å². The van der Waals surface area contributed by atoms with Crippen LogP contribution in [0.2, 0.25) is 0 Å². The third-order valence-electron chi connectivity index (χ3n) is 5.30. The molecule has 2 N–H and O–H groups in total. The van der Waals surface area contributed by atoms with E-state index in [1.54, 1.807) is 24.3 Å². The monoisotopic (exact) mass is 358 g/mol. The van der Waals surface area contributed by atoms with Crippen molar-refractivity contribution >= 4 is 23.2 Å². The number of hydrogen-bond acceptors (Lipinski definition) is 3. The number of anilines is 2. The maximum atomic E-state index is 12.6. The highest BCUT2D eigenvalue weighted by Gasteiger charge is 2.38. The van der Waals surface area contributed by atoms with Crippen LogP contribution in [0.1, 0.15) is 84.0 Å². The van der Waals surface area contributed by atoms with Gasteiger partial charge < -0.3 is 5.73 Å². The number of rotatable bonds is 12. The topological polar surface area (TPSA) is 63.4 Å². The summed E-state index contributed by atoms with van der Waals surface area (Å²) in [5.74, 6) is -0.276. The highest BCUT2D eigenvalue weighted by molar-refractivity contribution is 6.20. The van der Waals surface area contributed by atoms with E-state index in [1.807, 2.05) is 0 Å². The minimum atomic E-state index is -0.144. The molecule has 26 heavy (non-hydrogen) atoms. The van der Waals surface area contributed by atoms with E-state index in [-0.39, 0.29) is 17.7 Å². The summed E-state index contributed by atoms with van der Waals surface area (Å²) in [5, 5.41) is 0. The number of unbranched alkanes of at least 4 members (excludes halogenated alkanes) is 9. The average Bonchev–Trinajstić information content (AvgIpc) is 2.91. The van der Waals surface area contributed by atoms with Crippen LogP contribution in [0.4, 0.5) is 11.4 Å². The van der Waals surface area contributed by atoms with Gasteiger partial charge >= 0.3 is 0 Å². The molecule has 0 aromatic heterocycles. The fourth-order valence-corrected chi connectivity index (χ4v) is 3.69. The smallest absolute Gasteiger partial charge is 0.237 e. The minimum absolute atomic E-state index is 0.0457. The van der Waals surface area contributed by atoms with E-state index in [2.05, 4.69) is 6.92 Å². The van der Waals surface area contributed by atoms with Crippen molar-refractivity contribution in [3.05, 3.63) is 24.3 Å². The Balaban J connectivity index is 1.62. The maximum Gasteiger partial charge on any atom is 0.237 e. The summed E-state index contributed by atoms with van der Waals surface area (Å²) in [5.41, 5.74) is 6.95. The van der Waals surface area contributed by atoms with Crippen molar-refractivity contribution in [3.8, 4) is 0 Å². The van der Waals surface area contributed by atoms with Gasteiger partial charge in [-0.2, -0.15) is 0 Å². The van der Waals surface area contributed by atoms with Gasteiger partial charge in [0.05, 0.1) is 5.69 Å². The molecule has 0 saturated carbocycles. The Morgan fingerprint density at radius 3 is 2.00 bits per heavy atom. The van der Waals surface area contributed by atoms with E-state index in [9.17, 15) is 9.59 Å². The molecule has 0 aliphatic carbocycles. The fraction of sp³-hybridized carbons (Fsp3) is 0.636. The van der Waals surface area contributed by atoms with Crippen molar-refractivity contribution in [2.24, 2.45) is 5.92 Å². The first-order valence-electron chi connectivity index (χ1n) is 10.4. The van der Waals surface area contributed by atoms with E-state index in [1.165, 1.54) is 56.3 Å². The number of carbonyl (C=O) groups is 2. The summed E-state index contributed by atoms with van der Waals surface area (Å²) in [6, 6.07) is 6.94. The first kappa shape index (κ1) is 20.5. The Kier molecular flexibility index (Phi) is 8.66. The SMILES string of the molecule is CCCCCCCCCCCCC1CC(=O)N(c2ccc(N)cc2)C1=O. The molecular weight excluding hydrogens is 324 g/mol. The number of nitrogens with two attached hydrogens (primary N) is 1. The Morgan fingerprint density at radius 2 is 1.42 bits per heavy atom. The predicted octanol–water partition coefficient (Wildman–Crippen LogP) is 5.46. The summed E-state index contributed by atoms with van der Waals surface area (Å²) >= 11 is 0. The molecule has 1 atom stereocenters. The summed E-state index contributed by atoms with van der Waals surface area (Å²) in [6.07, 6.45) is 14.0. The molecule has 144 valence electrons. The molecule has 0 radical (unpaired) electrons. The van der Waals surface area contributed by atoms with E-state index >= 15 is 0 Å². The van der Waals surface area contributed by atoms with Crippen molar-refractivity contribution in [1.82, 2.24) is 0 Å². The normalized spacial score (nSPS) is 17.3. The maximum absolute atomic E-state index is 12.6. The lowest BCUT2D eigenvalue weighted by molar-refractivity contribution is -0.122. The van der Waals surface area contributed by atoms with Crippen LogP contribution < -0.4 is 10.6 Å². The molecule has 4 nitrogen and oxygen atoms in total. The molecular formula is C22H34N2O2. The van der Waals surface area contributed by atoms with Gasteiger partial charge in [-0.05, 0) is 30.7 Å². The van der Waals surface area contributed by atoms with Crippen molar-refractivity contribution < 1.29 is 9.59 Å². The Morgan fingerprint density at radius 1 is 0.885 bits per heavy atom. The Hall–Kier alpha value is -1.84. The van der Waals surface area contributed by atoms with Gasteiger partial charge in [0.25, 0.3) is 0 Å². The van der Waals surface area contributed by atoms with Crippen LogP contribution in [-0.4, -0.2) is 11.8 Å². The van der Waals surface area contributed by atoms with Gasteiger partial charge in [0.1, 0.15) is 0 Å². The van der Waals surface area contributed by atoms with Gasteiger partial charge in [-0.3, -0.25) is 14.5 Å². The highest BCUT2D eigenvalue weighted by Crippen LogP contribution is 2.30. The first-order valence-corrected chi connectivity index (χ1v) is 10.4. The third kappa shape index (κ3) is 6.15. The van der Waals surface area contributed by atoms with Gasteiger partial charge in [-0.1, -0.05) is 71.1 Å². The molecule has 0 bridgehead atoms. The lowest BCUT2D eigenvalue weighted by atomic mass is 9.98. The number of amides is 2. The molecule has 1 unspecified atom stereocenters. The van der Waals surface area contributed by atoms with Crippen molar-refractivity contribution in [2.75, 3.05) is 10.6 Å². The molecule has 1 aromatic carbocycles. The number of nitrogen functional groups attached to an aromatic ring is 1. The van der Waals surface area contributed by atoms with E-state index in [4.69, 9.17) is 5.73 Å². The largest absolute Gasteiger partial charge is 0.399 e. The molecule has 1 aliphatic heterocycles. The zero-order chi connectivity index (χ0) is 18.8. The molecule has 1 heterocycles. The number of hydrogen-bond donors (Lipinski definition) is 1. The van der Waals surface area contributed by atoms with Crippen LogP contribution >= 0.6 is 0 Å². The van der Waals surface area contributed by atoms with Crippen molar-refractivity contribution in [1.29, 1.82) is 0 Å². The van der Waals surface area contributed by atoms with Crippen LogP contribution in [-0.2, 0) is 9.59 Å². The number of imide groups is 1. The van der Waals surface area contributed by atoms with Crippen LogP contribution in [0.25, 0.3) is 0 Å². The molecule has 0 spiro atoms. The highest BCUT2D eigenvalue weighted by atomic mass is 16.2. The average molecular weight is 359 g/mol. The van der Waals surface area contributed by atoms with Crippen LogP contribution in [0.5, 0.6) is 0 Å². The second-order valence-electron chi connectivity index (χ2n) is 7.53. The lowest BCUT2D eigenvalue weighted by Crippen LogP contribution is -2.30. The van der Waals surface area contributed by atoms with Crippen molar-refractivity contribution in [2.45, 2.75) is 84.0 Å². The molecule has 1 aromatic rings. The van der Waals surface area contributed by atoms with Crippen LogP contribution in [0, 0.1) is 5.92 Å². The molecule has 1 fully saturated rings.